The van der Waals surface area contributed by atoms with Crippen LogP contribution in [0, 0.1) is 10.8 Å². The third kappa shape index (κ3) is 5.21. The van der Waals surface area contributed by atoms with Crippen LogP contribution >= 0.6 is 0 Å². The minimum atomic E-state index is -0.754. The molecule has 4 nitrogen and oxygen atoms in total. The van der Waals surface area contributed by atoms with Crippen LogP contribution in [0.4, 0.5) is 0 Å². The Morgan fingerprint density at radius 1 is 1.21 bits per heavy atom. The first-order valence-electron chi connectivity index (χ1n) is 7.25. The SMILES string of the molecule is CC(C)(CCNC(=O)C1(C)CCCC1)CCC(=O)O. The highest BCUT2D eigenvalue weighted by Crippen LogP contribution is 2.37. The van der Waals surface area contributed by atoms with E-state index in [1.807, 2.05) is 6.92 Å². The minimum Gasteiger partial charge on any atom is -0.481 e. The summed E-state index contributed by atoms with van der Waals surface area (Å²) in [7, 11) is 0. The van der Waals surface area contributed by atoms with Crippen molar-refractivity contribution in [3.8, 4) is 0 Å². The van der Waals surface area contributed by atoms with Crippen molar-refractivity contribution in [1.82, 2.24) is 5.32 Å². The molecular formula is C15H27NO3. The topological polar surface area (TPSA) is 66.4 Å². The number of amides is 1. The van der Waals surface area contributed by atoms with Gasteiger partial charge in [-0.1, -0.05) is 33.6 Å². The molecule has 1 aliphatic carbocycles. The van der Waals surface area contributed by atoms with Crippen LogP contribution < -0.4 is 5.32 Å². The Kier molecular flexibility index (Phi) is 5.39. The Morgan fingerprint density at radius 2 is 1.79 bits per heavy atom. The van der Waals surface area contributed by atoms with Crippen molar-refractivity contribution >= 4 is 11.9 Å². The van der Waals surface area contributed by atoms with E-state index in [2.05, 4.69) is 19.2 Å². The fourth-order valence-corrected chi connectivity index (χ4v) is 2.68. The van der Waals surface area contributed by atoms with Gasteiger partial charge in [0.25, 0.3) is 0 Å². The summed E-state index contributed by atoms with van der Waals surface area (Å²) in [5.74, 6) is -0.588. The Labute approximate surface area is 116 Å². The molecule has 0 aromatic heterocycles. The Bertz CT molecular complexity index is 330. The summed E-state index contributed by atoms with van der Waals surface area (Å²) in [6, 6.07) is 0. The number of carboxylic acids is 1. The molecule has 0 unspecified atom stereocenters. The van der Waals surface area contributed by atoms with E-state index in [1.54, 1.807) is 0 Å². The molecule has 0 atom stereocenters. The summed E-state index contributed by atoms with van der Waals surface area (Å²) in [5.41, 5.74) is -0.215. The molecule has 110 valence electrons. The molecule has 19 heavy (non-hydrogen) atoms. The van der Waals surface area contributed by atoms with Crippen LogP contribution in [0.3, 0.4) is 0 Å². The molecule has 1 amide bonds. The van der Waals surface area contributed by atoms with Gasteiger partial charge in [-0.2, -0.15) is 0 Å². The van der Waals surface area contributed by atoms with Crippen molar-refractivity contribution in [2.75, 3.05) is 6.54 Å². The van der Waals surface area contributed by atoms with Gasteiger partial charge in [-0.3, -0.25) is 9.59 Å². The highest BCUT2D eigenvalue weighted by molar-refractivity contribution is 5.82. The molecule has 0 bridgehead atoms. The van der Waals surface area contributed by atoms with Crippen LogP contribution in [-0.2, 0) is 9.59 Å². The van der Waals surface area contributed by atoms with Crippen LogP contribution in [0.2, 0.25) is 0 Å². The third-order valence-electron chi connectivity index (χ3n) is 4.36. The molecule has 1 rings (SSSR count). The lowest BCUT2D eigenvalue weighted by atomic mass is 9.84. The molecule has 0 saturated heterocycles. The summed E-state index contributed by atoms with van der Waals surface area (Å²) in [5, 5.41) is 11.7. The number of aliphatic carboxylic acids is 1. The van der Waals surface area contributed by atoms with Gasteiger partial charge < -0.3 is 10.4 Å². The summed E-state index contributed by atoms with van der Waals surface area (Å²) in [6.07, 6.45) is 5.93. The maximum Gasteiger partial charge on any atom is 0.303 e. The van der Waals surface area contributed by atoms with Crippen LogP contribution in [0.1, 0.15) is 65.7 Å². The second-order valence-electron chi connectivity index (χ2n) is 6.83. The van der Waals surface area contributed by atoms with E-state index in [0.717, 1.165) is 32.1 Å². The van der Waals surface area contributed by atoms with Gasteiger partial charge in [-0.15, -0.1) is 0 Å². The fourth-order valence-electron chi connectivity index (χ4n) is 2.68. The summed E-state index contributed by atoms with van der Waals surface area (Å²) >= 11 is 0. The Morgan fingerprint density at radius 3 is 2.32 bits per heavy atom. The van der Waals surface area contributed by atoms with Crippen LogP contribution in [-0.4, -0.2) is 23.5 Å². The first-order valence-corrected chi connectivity index (χ1v) is 7.25. The second kappa shape index (κ2) is 6.40. The molecule has 0 heterocycles. The van der Waals surface area contributed by atoms with E-state index in [4.69, 9.17) is 5.11 Å². The van der Waals surface area contributed by atoms with Crippen LogP contribution in [0.5, 0.6) is 0 Å². The van der Waals surface area contributed by atoms with Gasteiger partial charge in [0.05, 0.1) is 0 Å². The number of hydrogen-bond acceptors (Lipinski definition) is 2. The lowest BCUT2D eigenvalue weighted by molar-refractivity contribution is -0.137. The molecular weight excluding hydrogens is 242 g/mol. The molecule has 0 aromatic carbocycles. The average Bonchev–Trinajstić information content (AvgIpc) is 2.75. The van der Waals surface area contributed by atoms with E-state index in [1.165, 1.54) is 0 Å². The van der Waals surface area contributed by atoms with Gasteiger partial charge in [0, 0.05) is 18.4 Å². The lowest BCUT2D eigenvalue weighted by Gasteiger charge is -2.26. The predicted molar refractivity (Wildman–Crippen MR) is 74.9 cm³/mol. The van der Waals surface area contributed by atoms with Gasteiger partial charge in [-0.05, 0) is 31.1 Å². The summed E-state index contributed by atoms with van der Waals surface area (Å²) in [6.45, 7) is 6.80. The monoisotopic (exact) mass is 269 g/mol. The normalized spacial score (nSPS) is 18.3. The molecule has 0 radical (unpaired) electrons. The lowest BCUT2D eigenvalue weighted by Crippen LogP contribution is -2.38. The molecule has 1 saturated carbocycles. The van der Waals surface area contributed by atoms with Crippen molar-refractivity contribution in [1.29, 1.82) is 0 Å². The quantitative estimate of drug-likeness (QED) is 0.746. The predicted octanol–water partition coefficient (Wildman–Crippen LogP) is 2.96. The number of hydrogen-bond donors (Lipinski definition) is 2. The van der Waals surface area contributed by atoms with E-state index in [-0.39, 0.29) is 23.2 Å². The molecule has 0 aliphatic heterocycles. The van der Waals surface area contributed by atoms with E-state index < -0.39 is 5.97 Å². The Hall–Kier alpha value is -1.06. The number of nitrogens with one attached hydrogen (secondary N) is 1. The fraction of sp³-hybridized carbons (Fsp3) is 0.867. The second-order valence-corrected chi connectivity index (χ2v) is 6.83. The van der Waals surface area contributed by atoms with Crippen molar-refractivity contribution in [2.24, 2.45) is 10.8 Å². The first kappa shape index (κ1) is 16.0. The van der Waals surface area contributed by atoms with Crippen molar-refractivity contribution in [3.63, 3.8) is 0 Å². The summed E-state index contributed by atoms with van der Waals surface area (Å²) in [4.78, 5) is 22.7. The highest BCUT2D eigenvalue weighted by atomic mass is 16.4. The molecule has 1 aliphatic rings. The zero-order chi connectivity index (χ0) is 14.5. The zero-order valence-electron chi connectivity index (χ0n) is 12.4. The van der Waals surface area contributed by atoms with Crippen molar-refractivity contribution < 1.29 is 14.7 Å². The zero-order valence-corrected chi connectivity index (χ0v) is 12.4. The Balaban J connectivity index is 2.29. The van der Waals surface area contributed by atoms with Gasteiger partial charge in [-0.25, -0.2) is 0 Å². The average molecular weight is 269 g/mol. The molecule has 0 aromatic rings. The maximum absolute atomic E-state index is 12.1. The summed E-state index contributed by atoms with van der Waals surface area (Å²) < 4.78 is 0. The maximum atomic E-state index is 12.1. The number of rotatable bonds is 7. The van der Waals surface area contributed by atoms with Gasteiger partial charge in [0.2, 0.25) is 5.91 Å². The number of carboxylic acid groups (broad SMARTS) is 1. The van der Waals surface area contributed by atoms with E-state index in [0.29, 0.717) is 13.0 Å². The van der Waals surface area contributed by atoms with Gasteiger partial charge >= 0.3 is 5.97 Å². The third-order valence-corrected chi connectivity index (χ3v) is 4.36. The van der Waals surface area contributed by atoms with Crippen molar-refractivity contribution in [2.45, 2.75) is 65.7 Å². The van der Waals surface area contributed by atoms with E-state index >= 15 is 0 Å². The standard InChI is InChI=1S/C15H27NO3/c1-14(2,9-6-12(17)18)10-11-16-13(19)15(3)7-4-5-8-15/h4-11H2,1-3H3,(H,16,19)(H,17,18). The van der Waals surface area contributed by atoms with E-state index in [9.17, 15) is 9.59 Å². The highest BCUT2D eigenvalue weighted by Gasteiger charge is 2.36. The molecule has 0 spiro atoms. The molecule has 4 heteroatoms. The molecule has 1 fully saturated rings. The smallest absolute Gasteiger partial charge is 0.303 e. The van der Waals surface area contributed by atoms with Crippen LogP contribution in [0.25, 0.3) is 0 Å². The van der Waals surface area contributed by atoms with Gasteiger partial charge in [0.1, 0.15) is 0 Å². The largest absolute Gasteiger partial charge is 0.481 e. The first-order chi connectivity index (χ1) is 8.75. The number of carbonyl (C=O) groups excluding carboxylic acids is 1. The van der Waals surface area contributed by atoms with Gasteiger partial charge in [0.15, 0.2) is 0 Å². The van der Waals surface area contributed by atoms with Crippen molar-refractivity contribution in [3.05, 3.63) is 0 Å². The van der Waals surface area contributed by atoms with Crippen LogP contribution in [0.15, 0.2) is 0 Å². The number of carbonyl (C=O) groups is 2. The molecule has 2 N–H and O–H groups in total. The minimum absolute atomic E-state index is 0.0394.